The van der Waals surface area contributed by atoms with Crippen LogP contribution in [0.5, 0.6) is 0 Å². The summed E-state index contributed by atoms with van der Waals surface area (Å²) in [5.41, 5.74) is 1.06. The highest BCUT2D eigenvalue weighted by molar-refractivity contribution is 7.28. The van der Waals surface area contributed by atoms with E-state index in [9.17, 15) is 0 Å². The minimum atomic E-state index is -1.32. The zero-order chi connectivity index (χ0) is 11.6. The Balaban J connectivity index is 2.15. The van der Waals surface area contributed by atoms with Crippen LogP contribution >= 0.6 is 11.3 Å². The Morgan fingerprint density at radius 1 is 1.06 bits per heavy atom. The van der Waals surface area contributed by atoms with Crippen LogP contribution in [0.4, 0.5) is 10.8 Å². The summed E-state index contributed by atoms with van der Waals surface area (Å²) >= 11 is 1.66. The molecule has 0 saturated carbocycles. The topological polar surface area (TPSA) is 37.8 Å². The molecule has 1 N–H and O–H groups in total. The maximum Gasteiger partial charge on any atom is 0.209 e. The van der Waals surface area contributed by atoms with Gasteiger partial charge in [-0.15, -0.1) is 10.2 Å². The third-order valence-corrected chi connectivity index (χ3v) is 6.27. The summed E-state index contributed by atoms with van der Waals surface area (Å²) < 4.78 is 1.19. The van der Waals surface area contributed by atoms with Crippen LogP contribution in [0.3, 0.4) is 0 Å². The molecule has 3 nitrogen and oxygen atoms in total. The molecule has 0 aliphatic rings. The smallest absolute Gasteiger partial charge is 0.209 e. The van der Waals surface area contributed by atoms with Crippen molar-refractivity contribution < 1.29 is 0 Å². The van der Waals surface area contributed by atoms with Gasteiger partial charge >= 0.3 is 0 Å². The van der Waals surface area contributed by atoms with Gasteiger partial charge in [-0.1, -0.05) is 49.2 Å². The van der Waals surface area contributed by atoms with Crippen molar-refractivity contribution in [2.24, 2.45) is 0 Å². The zero-order valence-corrected chi connectivity index (χ0v) is 11.5. The van der Waals surface area contributed by atoms with Crippen molar-refractivity contribution in [1.29, 1.82) is 0 Å². The normalized spacial score (nSPS) is 11.4. The maximum absolute atomic E-state index is 4.25. The van der Waals surface area contributed by atoms with E-state index in [-0.39, 0.29) is 0 Å². The molecule has 0 radical (unpaired) electrons. The second-order valence-electron chi connectivity index (χ2n) is 4.65. The molecule has 0 atom stereocenters. The van der Waals surface area contributed by atoms with Gasteiger partial charge in [-0.25, -0.2) is 0 Å². The molecule has 0 spiro atoms. The molecule has 0 saturated heterocycles. The van der Waals surface area contributed by atoms with Crippen LogP contribution in [-0.4, -0.2) is 18.3 Å². The number of aromatic nitrogens is 2. The molecule has 1 aromatic heterocycles. The molecule has 1 heterocycles. The standard InChI is InChI=1S/C11H15N3SSi/c1-16(2,3)11-14-13-10(15-11)12-9-7-5-4-6-8-9/h4-8H,1-3H3,(H,12,13). The van der Waals surface area contributed by atoms with Crippen molar-refractivity contribution in [2.45, 2.75) is 19.6 Å². The van der Waals surface area contributed by atoms with E-state index in [2.05, 4.69) is 35.2 Å². The Kier molecular flexibility index (Phi) is 3.07. The average molecular weight is 249 g/mol. The average Bonchev–Trinajstić information content (AvgIpc) is 2.67. The van der Waals surface area contributed by atoms with Gasteiger partial charge in [0.25, 0.3) is 0 Å². The molecular weight excluding hydrogens is 234 g/mol. The molecule has 0 unspecified atom stereocenters. The second kappa shape index (κ2) is 4.35. The summed E-state index contributed by atoms with van der Waals surface area (Å²) in [4.78, 5) is 0. The van der Waals surface area contributed by atoms with E-state index in [4.69, 9.17) is 0 Å². The molecule has 5 heteroatoms. The lowest BCUT2D eigenvalue weighted by Crippen LogP contribution is -2.37. The highest BCUT2D eigenvalue weighted by atomic mass is 32.1. The predicted octanol–water partition coefficient (Wildman–Crippen LogP) is 2.83. The van der Waals surface area contributed by atoms with Gasteiger partial charge in [0.1, 0.15) is 8.07 Å². The summed E-state index contributed by atoms with van der Waals surface area (Å²) in [6.07, 6.45) is 0. The molecule has 0 amide bonds. The molecule has 0 aliphatic heterocycles. The number of hydrogen-bond acceptors (Lipinski definition) is 4. The van der Waals surface area contributed by atoms with Crippen LogP contribution in [0.25, 0.3) is 0 Å². The van der Waals surface area contributed by atoms with Crippen LogP contribution < -0.4 is 9.95 Å². The van der Waals surface area contributed by atoms with Gasteiger partial charge in [0, 0.05) is 5.69 Å². The number of anilines is 2. The summed E-state index contributed by atoms with van der Waals surface area (Å²) in [6.45, 7) is 6.83. The number of para-hydroxylation sites is 1. The van der Waals surface area contributed by atoms with E-state index in [0.717, 1.165) is 10.8 Å². The molecule has 0 fully saturated rings. The van der Waals surface area contributed by atoms with Crippen LogP contribution in [0.15, 0.2) is 30.3 Å². The van der Waals surface area contributed by atoms with Crippen LogP contribution in [-0.2, 0) is 0 Å². The number of hydrogen-bond donors (Lipinski definition) is 1. The highest BCUT2D eigenvalue weighted by Gasteiger charge is 2.21. The lowest BCUT2D eigenvalue weighted by atomic mass is 10.3. The Morgan fingerprint density at radius 2 is 1.75 bits per heavy atom. The fourth-order valence-corrected chi connectivity index (χ4v) is 3.60. The molecule has 0 bridgehead atoms. The molecule has 2 aromatic rings. The van der Waals surface area contributed by atoms with Crippen molar-refractivity contribution in [3.05, 3.63) is 30.3 Å². The summed E-state index contributed by atoms with van der Waals surface area (Å²) in [5.74, 6) is 0. The first-order chi connectivity index (χ1) is 7.55. The predicted molar refractivity (Wildman–Crippen MR) is 72.6 cm³/mol. The van der Waals surface area contributed by atoms with Crippen molar-refractivity contribution in [3.8, 4) is 0 Å². The van der Waals surface area contributed by atoms with Gasteiger partial charge in [0.15, 0.2) is 0 Å². The van der Waals surface area contributed by atoms with Gasteiger partial charge in [0.05, 0.1) is 4.63 Å². The van der Waals surface area contributed by atoms with Crippen LogP contribution in [0.1, 0.15) is 0 Å². The van der Waals surface area contributed by atoms with Crippen LogP contribution in [0, 0.1) is 0 Å². The van der Waals surface area contributed by atoms with E-state index in [0.29, 0.717) is 0 Å². The molecular formula is C11H15N3SSi. The second-order valence-corrected chi connectivity index (χ2v) is 11.0. The molecule has 16 heavy (non-hydrogen) atoms. The van der Waals surface area contributed by atoms with Crippen LogP contribution in [0.2, 0.25) is 19.6 Å². The summed E-state index contributed by atoms with van der Waals surface area (Å²) in [6, 6.07) is 10.1. The van der Waals surface area contributed by atoms with Gasteiger partial charge in [0.2, 0.25) is 5.13 Å². The fourth-order valence-electron chi connectivity index (χ4n) is 1.22. The number of nitrogens with one attached hydrogen (secondary N) is 1. The van der Waals surface area contributed by atoms with E-state index >= 15 is 0 Å². The SMILES string of the molecule is C[Si](C)(C)c1nnc(Nc2ccccc2)s1. The number of nitrogens with zero attached hydrogens (tertiary/aromatic N) is 2. The van der Waals surface area contributed by atoms with Gasteiger partial charge in [-0.3, -0.25) is 0 Å². The third-order valence-electron chi connectivity index (χ3n) is 2.09. The van der Waals surface area contributed by atoms with Gasteiger partial charge in [-0.05, 0) is 12.1 Å². The summed E-state index contributed by atoms with van der Waals surface area (Å²) in [5, 5.41) is 12.6. The van der Waals surface area contributed by atoms with E-state index in [1.165, 1.54) is 4.63 Å². The molecule has 1 aromatic carbocycles. The monoisotopic (exact) mass is 249 g/mol. The molecule has 2 rings (SSSR count). The van der Waals surface area contributed by atoms with Crippen molar-refractivity contribution in [1.82, 2.24) is 10.2 Å². The maximum atomic E-state index is 4.25. The molecule has 0 aliphatic carbocycles. The van der Waals surface area contributed by atoms with Gasteiger partial charge in [-0.2, -0.15) is 0 Å². The third kappa shape index (κ3) is 2.68. The first-order valence-electron chi connectivity index (χ1n) is 5.22. The number of benzene rings is 1. The van der Waals surface area contributed by atoms with E-state index < -0.39 is 8.07 Å². The minimum absolute atomic E-state index is 0.878. The minimum Gasteiger partial charge on any atom is -0.330 e. The van der Waals surface area contributed by atoms with Crippen molar-refractivity contribution >= 4 is 34.9 Å². The fraction of sp³-hybridized carbons (Fsp3) is 0.273. The first-order valence-corrected chi connectivity index (χ1v) is 9.53. The Morgan fingerprint density at radius 3 is 2.31 bits per heavy atom. The van der Waals surface area contributed by atoms with E-state index in [1.54, 1.807) is 11.3 Å². The van der Waals surface area contributed by atoms with Crippen molar-refractivity contribution in [2.75, 3.05) is 5.32 Å². The van der Waals surface area contributed by atoms with Gasteiger partial charge < -0.3 is 5.32 Å². The molecule has 84 valence electrons. The zero-order valence-electron chi connectivity index (χ0n) is 9.69. The quantitative estimate of drug-likeness (QED) is 0.850. The highest BCUT2D eigenvalue weighted by Crippen LogP contribution is 2.17. The largest absolute Gasteiger partial charge is 0.330 e. The Labute approximate surface area is 101 Å². The Hall–Kier alpha value is -1.20. The van der Waals surface area contributed by atoms with E-state index in [1.807, 2.05) is 30.3 Å². The number of rotatable bonds is 3. The summed E-state index contributed by atoms with van der Waals surface area (Å²) in [7, 11) is -1.32. The Bertz CT molecular complexity index is 462. The first kappa shape index (κ1) is 11.3. The lowest BCUT2D eigenvalue weighted by molar-refractivity contribution is 1.11. The lowest BCUT2D eigenvalue weighted by Gasteiger charge is -2.09. The van der Waals surface area contributed by atoms with Crippen molar-refractivity contribution in [3.63, 3.8) is 0 Å².